The molecule has 0 aliphatic carbocycles. The molecule has 0 saturated heterocycles. The lowest BCUT2D eigenvalue weighted by Crippen LogP contribution is -2.13. The Morgan fingerprint density at radius 1 is 0.909 bits per heavy atom. The van der Waals surface area contributed by atoms with Crippen LogP contribution in [-0.4, -0.2) is 8.42 Å². The van der Waals surface area contributed by atoms with Crippen molar-refractivity contribution in [2.24, 2.45) is 0 Å². The molecule has 0 aromatic heterocycles. The van der Waals surface area contributed by atoms with E-state index in [0.29, 0.717) is 11.3 Å². The van der Waals surface area contributed by atoms with E-state index in [0.717, 1.165) is 10.8 Å². The van der Waals surface area contributed by atoms with E-state index in [1.165, 1.54) is 18.2 Å². The third-order valence-electron chi connectivity index (χ3n) is 3.46. The number of hydrogen-bond acceptors (Lipinski definition) is 2. The van der Waals surface area contributed by atoms with E-state index >= 15 is 0 Å². The Hall–Kier alpha value is -2.40. The van der Waals surface area contributed by atoms with Gasteiger partial charge in [0.1, 0.15) is 5.82 Å². The molecule has 0 aliphatic heterocycles. The number of fused-ring (bicyclic) bond motifs is 1. The average molecular weight is 315 g/mol. The van der Waals surface area contributed by atoms with Crippen LogP contribution in [0.5, 0.6) is 0 Å². The zero-order valence-corrected chi connectivity index (χ0v) is 12.7. The van der Waals surface area contributed by atoms with Gasteiger partial charge in [0.2, 0.25) is 0 Å². The highest BCUT2D eigenvalue weighted by Crippen LogP contribution is 2.23. The second kappa shape index (κ2) is 5.42. The Bertz CT molecular complexity index is 952. The summed E-state index contributed by atoms with van der Waals surface area (Å²) in [6.07, 6.45) is 0. The molecule has 0 bridgehead atoms. The van der Waals surface area contributed by atoms with Crippen LogP contribution in [0.4, 0.5) is 10.1 Å². The fourth-order valence-electron chi connectivity index (χ4n) is 2.28. The van der Waals surface area contributed by atoms with Gasteiger partial charge in [-0.05, 0) is 53.6 Å². The summed E-state index contributed by atoms with van der Waals surface area (Å²) < 4.78 is 40.6. The number of rotatable bonds is 3. The second-order valence-electron chi connectivity index (χ2n) is 5.07. The van der Waals surface area contributed by atoms with Crippen LogP contribution in [0.3, 0.4) is 0 Å². The predicted octanol–water partition coefficient (Wildman–Crippen LogP) is 4.09. The van der Waals surface area contributed by atoms with Crippen molar-refractivity contribution in [2.45, 2.75) is 11.8 Å². The van der Waals surface area contributed by atoms with Crippen LogP contribution >= 0.6 is 0 Å². The topological polar surface area (TPSA) is 46.2 Å². The summed E-state index contributed by atoms with van der Waals surface area (Å²) in [6.45, 7) is 1.65. The number of hydrogen-bond donors (Lipinski definition) is 1. The molecule has 0 spiro atoms. The lowest BCUT2D eigenvalue weighted by molar-refractivity contribution is 0.601. The van der Waals surface area contributed by atoms with E-state index in [1.54, 1.807) is 25.1 Å². The minimum absolute atomic E-state index is 0.176. The van der Waals surface area contributed by atoms with Crippen LogP contribution in [0.2, 0.25) is 0 Å². The van der Waals surface area contributed by atoms with Crippen molar-refractivity contribution in [2.75, 3.05) is 4.72 Å². The first-order valence-electron chi connectivity index (χ1n) is 6.73. The number of sulfonamides is 1. The zero-order valence-electron chi connectivity index (χ0n) is 11.9. The Morgan fingerprint density at radius 3 is 2.36 bits per heavy atom. The molecule has 0 unspecified atom stereocenters. The van der Waals surface area contributed by atoms with Crippen LogP contribution < -0.4 is 4.72 Å². The first kappa shape index (κ1) is 14.5. The van der Waals surface area contributed by atoms with E-state index in [9.17, 15) is 12.8 Å². The van der Waals surface area contributed by atoms with Crippen molar-refractivity contribution in [3.8, 4) is 0 Å². The van der Waals surface area contributed by atoms with Gasteiger partial charge in [0.25, 0.3) is 10.0 Å². The fraction of sp³-hybridized carbons (Fsp3) is 0.0588. The van der Waals surface area contributed by atoms with Gasteiger partial charge in [-0.25, -0.2) is 12.8 Å². The van der Waals surface area contributed by atoms with Crippen LogP contribution in [-0.2, 0) is 10.0 Å². The van der Waals surface area contributed by atoms with E-state index in [4.69, 9.17) is 0 Å². The number of benzene rings is 3. The van der Waals surface area contributed by atoms with Crippen LogP contribution in [0, 0.1) is 12.7 Å². The lowest BCUT2D eigenvalue weighted by atomic mass is 10.1. The highest BCUT2D eigenvalue weighted by molar-refractivity contribution is 7.92. The fourth-order valence-corrected chi connectivity index (χ4v) is 3.45. The molecule has 3 aromatic rings. The van der Waals surface area contributed by atoms with Gasteiger partial charge in [0, 0.05) is 0 Å². The summed E-state index contributed by atoms with van der Waals surface area (Å²) in [5.74, 6) is -0.397. The smallest absolute Gasteiger partial charge is 0.261 e. The minimum Gasteiger partial charge on any atom is -0.279 e. The van der Waals surface area contributed by atoms with E-state index in [2.05, 4.69) is 4.72 Å². The van der Waals surface area contributed by atoms with E-state index in [-0.39, 0.29) is 4.90 Å². The maximum absolute atomic E-state index is 13.1. The summed E-state index contributed by atoms with van der Waals surface area (Å²) in [6, 6.07) is 16.4. The molecule has 0 fully saturated rings. The molecule has 3 rings (SSSR count). The van der Waals surface area contributed by atoms with Crippen molar-refractivity contribution in [1.29, 1.82) is 0 Å². The average Bonchev–Trinajstić information content (AvgIpc) is 2.49. The van der Waals surface area contributed by atoms with Crippen molar-refractivity contribution in [1.82, 2.24) is 0 Å². The first-order valence-corrected chi connectivity index (χ1v) is 8.22. The molecule has 0 atom stereocenters. The Balaban J connectivity index is 2.00. The van der Waals surface area contributed by atoms with Gasteiger partial charge in [-0.3, -0.25) is 4.72 Å². The highest BCUT2D eigenvalue weighted by Gasteiger charge is 2.15. The largest absolute Gasteiger partial charge is 0.279 e. The van der Waals surface area contributed by atoms with Crippen LogP contribution in [0.25, 0.3) is 10.8 Å². The normalized spacial score (nSPS) is 11.5. The molecule has 3 nitrogen and oxygen atoms in total. The molecule has 0 saturated carbocycles. The molecule has 22 heavy (non-hydrogen) atoms. The van der Waals surface area contributed by atoms with Crippen LogP contribution in [0.1, 0.15) is 5.56 Å². The van der Waals surface area contributed by atoms with Gasteiger partial charge in [0.05, 0.1) is 10.6 Å². The van der Waals surface area contributed by atoms with Crippen molar-refractivity contribution in [3.05, 3.63) is 72.0 Å². The molecule has 0 radical (unpaired) electrons. The Labute approximate surface area is 128 Å². The Morgan fingerprint density at radius 2 is 1.64 bits per heavy atom. The Kier molecular flexibility index (Phi) is 3.58. The van der Waals surface area contributed by atoms with Gasteiger partial charge in [0.15, 0.2) is 0 Å². The first-order chi connectivity index (χ1) is 10.5. The van der Waals surface area contributed by atoms with E-state index < -0.39 is 15.8 Å². The number of anilines is 1. The molecular formula is C17H14FNO2S. The molecule has 3 aromatic carbocycles. The minimum atomic E-state index is -3.71. The highest BCUT2D eigenvalue weighted by atomic mass is 32.2. The third-order valence-corrected chi connectivity index (χ3v) is 4.83. The van der Waals surface area contributed by atoms with Crippen LogP contribution in [0.15, 0.2) is 65.6 Å². The zero-order chi connectivity index (χ0) is 15.7. The van der Waals surface area contributed by atoms with E-state index in [1.807, 2.05) is 24.3 Å². The van der Waals surface area contributed by atoms with Gasteiger partial charge >= 0.3 is 0 Å². The predicted molar refractivity (Wildman–Crippen MR) is 85.9 cm³/mol. The van der Waals surface area contributed by atoms with Gasteiger partial charge in [-0.15, -0.1) is 0 Å². The second-order valence-corrected chi connectivity index (χ2v) is 6.76. The molecule has 0 amide bonds. The summed E-state index contributed by atoms with van der Waals surface area (Å²) >= 11 is 0. The van der Waals surface area contributed by atoms with Gasteiger partial charge < -0.3 is 0 Å². The molecule has 112 valence electrons. The third kappa shape index (κ3) is 2.80. The molecule has 1 N–H and O–H groups in total. The number of aryl methyl sites for hydroxylation is 1. The quantitative estimate of drug-likeness (QED) is 0.791. The molecule has 5 heteroatoms. The standard InChI is InChI=1S/C17H14FNO2S/c1-12-10-15(18)7-9-17(12)19-22(20,21)16-8-6-13-4-2-3-5-14(13)11-16/h2-11,19H,1H3. The van der Waals surface area contributed by atoms with Gasteiger partial charge in [-0.2, -0.15) is 0 Å². The lowest BCUT2D eigenvalue weighted by Gasteiger charge is -2.11. The van der Waals surface area contributed by atoms with Gasteiger partial charge in [-0.1, -0.05) is 30.3 Å². The maximum Gasteiger partial charge on any atom is 0.261 e. The summed E-state index contributed by atoms with van der Waals surface area (Å²) in [5.41, 5.74) is 0.902. The monoisotopic (exact) mass is 315 g/mol. The summed E-state index contributed by atoms with van der Waals surface area (Å²) in [5, 5.41) is 1.82. The van der Waals surface area contributed by atoms with Crippen molar-refractivity contribution in [3.63, 3.8) is 0 Å². The number of halogens is 1. The molecule has 0 heterocycles. The van der Waals surface area contributed by atoms with Crippen molar-refractivity contribution >= 4 is 26.5 Å². The number of nitrogens with one attached hydrogen (secondary N) is 1. The summed E-state index contributed by atoms with van der Waals surface area (Å²) in [4.78, 5) is 0.176. The molecular weight excluding hydrogens is 301 g/mol. The van der Waals surface area contributed by atoms with Crippen molar-refractivity contribution < 1.29 is 12.8 Å². The maximum atomic E-state index is 13.1. The molecule has 0 aliphatic rings. The summed E-state index contributed by atoms with van der Waals surface area (Å²) in [7, 11) is -3.71. The SMILES string of the molecule is Cc1cc(F)ccc1NS(=O)(=O)c1ccc2ccccc2c1.